The van der Waals surface area contributed by atoms with Crippen molar-refractivity contribution in [1.82, 2.24) is 19.9 Å². The molecule has 4 rings (SSSR count). The summed E-state index contributed by atoms with van der Waals surface area (Å²) in [5.74, 6) is 1.48. The smallest absolute Gasteiger partial charge is 0.182 e. The Balaban J connectivity index is 1.77. The summed E-state index contributed by atoms with van der Waals surface area (Å²) in [5, 5.41) is 0. The second kappa shape index (κ2) is 4.94. The fourth-order valence-corrected chi connectivity index (χ4v) is 2.46. The maximum atomic E-state index is 6.07. The van der Waals surface area contributed by atoms with Crippen molar-refractivity contribution in [3.8, 4) is 5.75 Å². The molecule has 0 amide bonds. The van der Waals surface area contributed by atoms with Crippen molar-refractivity contribution in [3.05, 3.63) is 60.3 Å². The van der Waals surface area contributed by atoms with Gasteiger partial charge in [0.05, 0.1) is 5.69 Å². The zero-order chi connectivity index (χ0) is 14.1. The Labute approximate surface area is 121 Å². The van der Waals surface area contributed by atoms with Crippen LogP contribution in [-0.2, 0) is 6.42 Å². The van der Waals surface area contributed by atoms with Crippen LogP contribution in [0.3, 0.4) is 0 Å². The molecule has 3 heterocycles. The molecule has 0 aliphatic heterocycles. The lowest BCUT2D eigenvalue weighted by molar-refractivity contribution is 0.512. The topological polar surface area (TPSA) is 60.8 Å². The average Bonchev–Trinajstić information content (AvgIpc) is 2.56. The van der Waals surface area contributed by atoms with Crippen molar-refractivity contribution in [2.45, 2.75) is 12.8 Å². The van der Waals surface area contributed by atoms with Gasteiger partial charge >= 0.3 is 0 Å². The van der Waals surface area contributed by atoms with Gasteiger partial charge in [-0.1, -0.05) is 0 Å². The van der Waals surface area contributed by atoms with Crippen molar-refractivity contribution < 1.29 is 4.74 Å². The molecule has 5 nitrogen and oxygen atoms in total. The quantitative estimate of drug-likeness (QED) is 0.720. The van der Waals surface area contributed by atoms with Gasteiger partial charge in [0.15, 0.2) is 16.9 Å². The Kier molecular flexibility index (Phi) is 2.81. The average molecular weight is 276 g/mol. The summed E-state index contributed by atoms with van der Waals surface area (Å²) >= 11 is 0. The van der Waals surface area contributed by atoms with Gasteiger partial charge in [-0.05, 0) is 31.1 Å². The summed E-state index contributed by atoms with van der Waals surface area (Å²) < 4.78 is 6.07. The van der Waals surface area contributed by atoms with Gasteiger partial charge in [-0.25, -0.2) is 15.0 Å². The number of hydrogen-bond donors (Lipinski definition) is 0. The summed E-state index contributed by atoms with van der Waals surface area (Å²) in [6.45, 7) is 0. The molecule has 0 spiro atoms. The molecular weight excluding hydrogens is 264 g/mol. The standard InChI is InChI=1S/C16H12N4O/c1-4-12-11(3-2-7-17-12)13(5-1)21-14-6-8-19-16-15(14)18-9-10-20-16/h2-3,5-10H,1,4H2. The first-order valence-electron chi connectivity index (χ1n) is 6.80. The van der Waals surface area contributed by atoms with Crippen molar-refractivity contribution in [3.63, 3.8) is 0 Å². The molecule has 0 fully saturated rings. The molecule has 0 N–H and O–H groups in total. The number of pyridine rings is 2. The van der Waals surface area contributed by atoms with Gasteiger partial charge in [0.25, 0.3) is 0 Å². The van der Waals surface area contributed by atoms with Crippen LogP contribution in [0.1, 0.15) is 17.7 Å². The fraction of sp³-hybridized carbons (Fsp3) is 0.125. The van der Waals surface area contributed by atoms with E-state index in [1.807, 2.05) is 24.4 Å². The van der Waals surface area contributed by atoms with Gasteiger partial charge in [0.1, 0.15) is 5.76 Å². The van der Waals surface area contributed by atoms with Crippen LogP contribution in [0.5, 0.6) is 5.75 Å². The number of rotatable bonds is 2. The van der Waals surface area contributed by atoms with Gasteiger partial charge in [-0.3, -0.25) is 4.98 Å². The minimum absolute atomic E-state index is 0.581. The normalized spacial score (nSPS) is 13.6. The monoisotopic (exact) mass is 276 g/mol. The van der Waals surface area contributed by atoms with Crippen LogP contribution in [0.4, 0.5) is 0 Å². The highest BCUT2D eigenvalue weighted by molar-refractivity contribution is 5.78. The van der Waals surface area contributed by atoms with Crippen LogP contribution in [-0.4, -0.2) is 19.9 Å². The number of fused-ring (bicyclic) bond motifs is 2. The number of aryl methyl sites for hydroxylation is 1. The minimum Gasteiger partial charge on any atom is -0.455 e. The summed E-state index contributed by atoms with van der Waals surface area (Å²) in [6.07, 6.45) is 10.7. The molecule has 0 saturated carbocycles. The molecule has 1 aliphatic rings. The zero-order valence-electron chi connectivity index (χ0n) is 11.2. The van der Waals surface area contributed by atoms with Crippen LogP contribution in [0.2, 0.25) is 0 Å². The Morgan fingerprint density at radius 3 is 2.81 bits per heavy atom. The molecule has 0 atom stereocenters. The van der Waals surface area contributed by atoms with Crippen LogP contribution in [0.15, 0.2) is 49.1 Å². The SMILES string of the molecule is C1=C(Oc2ccnc3nccnc23)c2cccnc2CC1. The first-order valence-corrected chi connectivity index (χ1v) is 6.80. The van der Waals surface area contributed by atoms with E-state index in [0.717, 1.165) is 29.9 Å². The Morgan fingerprint density at radius 2 is 1.81 bits per heavy atom. The Bertz CT molecular complexity index is 839. The molecule has 3 aromatic rings. The number of hydrogen-bond acceptors (Lipinski definition) is 5. The van der Waals surface area contributed by atoms with E-state index in [9.17, 15) is 0 Å². The summed E-state index contributed by atoms with van der Waals surface area (Å²) in [5.41, 5.74) is 3.35. The molecule has 1 aliphatic carbocycles. The number of allylic oxidation sites excluding steroid dienone is 1. The molecule has 0 unspecified atom stereocenters. The third kappa shape index (κ3) is 2.12. The highest BCUT2D eigenvalue weighted by atomic mass is 16.5. The van der Waals surface area contributed by atoms with Crippen molar-refractivity contribution in [1.29, 1.82) is 0 Å². The van der Waals surface area contributed by atoms with Crippen LogP contribution < -0.4 is 4.74 Å². The summed E-state index contributed by atoms with van der Waals surface area (Å²) in [4.78, 5) is 17.1. The van der Waals surface area contributed by atoms with Gasteiger partial charge < -0.3 is 4.74 Å². The second-order valence-corrected chi connectivity index (χ2v) is 4.74. The number of nitrogens with zero attached hydrogens (tertiary/aromatic N) is 4. The van der Waals surface area contributed by atoms with Gasteiger partial charge in [0, 0.05) is 36.4 Å². The maximum absolute atomic E-state index is 6.07. The second-order valence-electron chi connectivity index (χ2n) is 4.74. The molecule has 0 bridgehead atoms. The first kappa shape index (κ1) is 12.0. The first-order chi connectivity index (χ1) is 10.4. The molecule has 0 radical (unpaired) electrons. The van der Waals surface area contributed by atoms with Crippen molar-refractivity contribution in [2.75, 3.05) is 0 Å². The summed E-state index contributed by atoms with van der Waals surface area (Å²) in [6, 6.07) is 5.76. The third-order valence-electron chi connectivity index (χ3n) is 3.42. The van der Waals surface area contributed by atoms with Gasteiger partial charge in [-0.15, -0.1) is 0 Å². The third-order valence-corrected chi connectivity index (χ3v) is 3.42. The molecule has 21 heavy (non-hydrogen) atoms. The number of aromatic nitrogens is 4. The highest BCUT2D eigenvalue weighted by Crippen LogP contribution is 2.30. The lowest BCUT2D eigenvalue weighted by Crippen LogP contribution is -2.06. The summed E-state index contributed by atoms with van der Waals surface area (Å²) in [7, 11) is 0. The van der Waals surface area contributed by atoms with Crippen LogP contribution in [0, 0.1) is 0 Å². The van der Waals surface area contributed by atoms with Crippen molar-refractivity contribution in [2.24, 2.45) is 0 Å². The lowest BCUT2D eigenvalue weighted by Gasteiger charge is -2.17. The Morgan fingerprint density at radius 1 is 0.905 bits per heavy atom. The van der Waals surface area contributed by atoms with E-state index in [1.165, 1.54) is 0 Å². The molecular formula is C16H12N4O. The van der Waals surface area contributed by atoms with Crippen LogP contribution in [0.25, 0.3) is 16.9 Å². The van der Waals surface area contributed by atoms with Gasteiger partial charge in [0.2, 0.25) is 0 Å². The predicted octanol–water partition coefficient (Wildman–Crippen LogP) is 2.79. The van der Waals surface area contributed by atoms with E-state index in [1.54, 1.807) is 18.6 Å². The predicted molar refractivity (Wildman–Crippen MR) is 78.5 cm³/mol. The Hall–Kier alpha value is -2.82. The van der Waals surface area contributed by atoms with Crippen molar-refractivity contribution >= 4 is 16.9 Å². The minimum atomic E-state index is 0.581. The van der Waals surface area contributed by atoms with Crippen LogP contribution >= 0.6 is 0 Å². The maximum Gasteiger partial charge on any atom is 0.182 e. The lowest BCUT2D eigenvalue weighted by atomic mass is 10.0. The van der Waals surface area contributed by atoms with E-state index in [0.29, 0.717) is 16.9 Å². The molecule has 5 heteroatoms. The largest absolute Gasteiger partial charge is 0.455 e. The van der Waals surface area contributed by atoms with E-state index < -0.39 is 0 Å². The van der Waals surface area contributed by atoms with E-state index in [2.05, 4.69) is 26.0 Å². The fourth-order valence-electron chi connectivity index (χ4n) is 2.46. The molecule has 0 aromatic carbocycles. The van der Waals surface area contributed by atoms with Gasteiger partial charge in [-0.2, -0.15) is 0 Å². The van der Waals surface area contributed by atoms with E-state index in [-0.39, 0.29) is 0 Å². The van der Waals surface area contributed by atoms with E-state index >= 15 is 0 Å². The zero-order valence-corrected chi connectivity index (χ0v) is 11.2. The highest BCUT2D eigenvalue weighted by Gasteiger charge is 2.16. The molecule has 3 aromatic heterocycles. The van der Waals surface area contributed by atoms with E-state index in [4.69, 9.17) is 4.74 Å². The molecule has 0 saturated heterocycles. The molecule has 102 valence electrons. The number of ether oxygens (including phenoxy) is 1.